The van der Waals surface area contributed by atoms with Crippen LogP contribution in [0.3, 0.4) is 0 Å². The molecule has 1 aromatic carbocycles. The van der Waals surface area contributed by atoms with Crippen molar-refractivity contribution in [1.82, 2.24) is 19.6 Å². The van der Waals surface area contributed by atoms with Crippen LogP contribution in [-0.4, -0.2) is 63.7 Å². The highest BCUT2D eigenvalue weighted by atomic mass is 19.1. The van der Waals surface area contributed by atoms with Crippen LogP contribution in [0.25, 0.3) is 0 Å². The van der Waals surface area contributed by atoms with E-state index in [1.165, 1.54) is 18.6 Å². The SMILES string of the molecule is O=C(C[C@H]1CN(C(=O)Cn2cccn2)CC[C@@H]1Oc1ccc(F)cc1)N1CCCCC1. The van der Waals surface area contributed by atoms with Gasteiger partial charge in [-0.25, -0.2) is 4.39 Å². The predicted molar refractivity (Wildman–Crippen MR) is 113 cm³/mol. The second-order valence-electron chi connectivity index (χ2n) is 8.35. The molecule has 31 heavy (non-hydrogen) atoms. The third kappa shape index (κ3) is 5.62. The number of aromatic nitrogens is 2. The molecule has 2 amide bonds. The van der Waals surface area contributed by atoms with Gasteiger partial charge in [-0.3, -0.25) is 14.3 Å². The van der Waals surface area contributed by atoms with E-state index in [-0.39, 0.29) is 36.2 Å². The summed E-state index contributed by atoms with van der Waals surface area (Å²) in [5.74, 6) is 0.259. The maximum atomic E-state index is 13.3. The molecule has 2 saturated heterocycles. The van der Waals surface area contributed by atoms with Crippen LogP contribution in [0.15, 0.2) is 42.7 Å². The van der Waals surface area contributed by atoms with Gasteiger partial charge in [0.1, 0.15) is 24.2 Å². The van der Waals surface area contributed by atoms with Crippen LogP contribution in [0, 0.1) is 11.7 Å². The van der Waals surface area contributed by atoms with Gasteiger partial charge in [0, 0.05) is 57.3 Å². The number of hydrogen-bond acceptors (Lipinski definition) is 4. The Bertz CT molecular complexity index is 865. The molecule has 0 spiro atoms. The minimum atomic E-state index is -0.316. The molecule has 2 atom stereocenters. The largest absolute Gasteiger partial charge is 0.490 e. The second-order valence-corrected chi connectivity index (χ2v) is 8.35. The molecule has 0 saturated carbocycles. The molecule has 0 unspecified atom stereocenters. The highest BCUT2D eigenvalue weighted by Crippen LogP contribution is 2.27. The van der Waals surface area contributed by atoms with Gasteiger partial charge in [0.2, 0.25) is 11.8 Å². The predicted octanol–water partition coefficient (Wildman–Crippen LogP) is 2.72. The van der Waals surface area contributed by atoms with Gasteiger partial charge in [0.25, 0.3) is 0 Å². The van der Waals surface area contributed by atoms with E-state index in [4.69, 9.17) is 4.74 Å². The fourth-order valence-corrected chi connectivity index (χ4v) is 4.41. The number of nitrogens with zero attached hydrogens (tertiary/aromatic N) is 4. The van der Waals surface area contributed by atoms with E-state index in [9.17, 15) is 14.0 Å². The Labute approximate surface area is 181 Å². The molecule has 2 aromatic rings. The summed E-state index contributed by atoms with van der Waals surface area (Å²) in [6.07, 6.45) is 7.43. The fourth-order valence-electron chi connectivity index (χ4n) is 4.41. The summed E-state index contributed by atoms with van der Waals surface area (Å²) in [5.41, 5.74) is 0. The minimum absolute atomic E-state index is 0.0145. The number of rotatable bonds is 6. The van der Waals surface area contributed by atoms with Crippen molar-refractivity contribution >= 4 is 11.8 Å². The number of halogens is 1. The first kappa shape index (κ1) is 21.3. The summed E-state index contributed by atoms with van der Waals surface area (Å²) in [6.45, 7) is 2.81. The smallest absolute Gasteiger partial charge is 0.244 e. The summed E-state index contributed by atoms with van der Waals surface area (Å²) < 4.78 is 21.0. The van der Waals surface area contributed by atoms with Crippen molar-refractivity contribution in [3.05, 3.63) is 48.5 Å². The average Bonchev–Trinajstić information content (AvgIpc) is 3.30. The summed E-state index contributed by atoms with van der Waals surface area (Å²) in [4.78, 5) is 29.5. The summed E-state index contributed by atoms with van der Waals surface area (Å²) in [7, 11) is 0. The zero-order valence-electron chi connectivity index (χ0n) is 17.7. The molecule has 0 aliphatic carbocycles. The Morgan fingerprint density at radius 3 is 2.52 bits per heavy atom. The van der Waals surface area contributed by atoms with Crippen molar-refractivity contribution in [1.29, 1.82) is 0 Å². The first-order valence-electron chi connectivity index (χ1n) is 11.0. The van der Waals surface area contributed by atoms with Gasteiger partial charge in [-0.15, -0.1) is 0 Å². The molecule has 166 valence electrons. The number of amides is 2. The molecule has 0 radical (unpaired) electrons. The normalized spacial score (nSPS) is 21.7. The van der Waals surface area contributed by atoms with Crippen molar-refractivity contribution < 1.29 is 18.7 Å². The molecule has 2 fully saturated rings. The first-order chi connectivity index (χ1) is 15.1. The van der Waals surface area contributed by atoms with E-state index in [0.29, 0.717) is 31.7 Å². The van der Waals surface area contributed by atoms with E-state index < -0.39 is 0 Å². The molecule has 2 aliphatic heterocycles. The van der Waals surface area contributed by atoms with Crippen LogP contribution in [0.1, 0.15) is 32.1 Å². The zero-order chi connectivity index (χ0) is 21.6. The molecule has 3 heterocycles. The summed E-state index contributed by atoms with van der Waals surface area (Å²) >= 11 is 0. The molecular weight excluding hydrogens is 399 g/mol. The van der Waals surface area contributed by atoms with Gasteiger partial charge in [-0.1, -0.05) is 0 Å². The summed E-state index contributed by atoms with van der Waals surface area (Å²) in [5, 5.41) is 4.11. The van der Waals surface area contributed by atoms with Crippen molar-refractivity contribution in [2.24, 2.45) is 5.92 Å². The van der Waals surface area contributed by atoms with Crippen molar-refractivity contribution in [2.75, 3.05) is 26.2 Å². The Morgan fingerprint density at radius 2 is 1.81 bits per heavy atom. The van der Waals surface area contributed by atoms with Crippen LogP contribution >= 0.6 is 0 Å². The van der Waals surface area contributed by atoms with Crippen LogP contribution in [0.2, 0.25) is 0 Å². The molecule has 2 aliphatic rings. The third-order valence-corrected chi connectivity index (χ3v) is 6.12. The number of piperidine rings is 2. The number of carbonyl (C=O) groups is 2. The first-order valence-corrected chi connectivity index (χ1v) is 11.0. The fraction of sp³-hybridized carbons (Fsp3) is 0.522. The number of ether oxygens (including phenoxy) is 1. The quantitative estimate of drug-likeness (QED) is 0.710. The molecule has 0 bridgehead atoms. The zero-order valence-corrected chi connectivity index (χ0v) is 17.7. The highest BCUT2D eigenvalue weighted by Gasteiger charge is 2.35. The standard InChI is InChI=1S/C23H29FN4O3/c24-19-5-7-20(8-6-19)31-21-9-14-27(23(30)17-28-13-4-10-25-28)16-18(21)15-22(29)26-11-2-1-3-12-26/h4-8,10,13,18,21H,1-3,9,11-12,14-17H2/t18-,21-/m0/s1. The van der Waals surface area contributed by atoms with Gasteiger partial charge in [-0.2, -0.15) is 5.10 Å². The van der Waals surface area contributed by atoms with E-state index in [2.05, 4.69) is 5.10 Å². The topological polar surface area (TPSA) is 67.7 Å². The van der Waals surface area contributed by atoms with Crippen molar-refractivity contribution in [2.45, 2.75) is 44.8 Å². The van der Waals surface area contributed by atoms with E-state index in [1.54, 1.807) is 40.2 Å². The number of carbonyl (C=O) groups excluding carboxylic acids is 2. The van der Waals surface area contributed by atoms with Gasteiger partial charge in [0.15, 0.2) is 0 Å². The molecule has 7 nitrogen and oxygen atoms in total. The van der Waals surface area contributed by atoms with E-state index in [1.807, 2.05) is 4.90 Å². The van der Waals surface area contributed by atoms with Crippen LogP contribution in [0.5, 0.6) is 5.75 Å². The average molecular weight is 429 g/mol. The van der Waals surface area contributed by atoms with Crippen molar-refractivity contribution in [3.8, 4) is 5.75 Å². The maximum Gasteiger partial charge on any atom is 0.244 e. The monoisotopic (exact) mass is 428 g/mol. The molecule has 4 rings (SSSR count). The van der Waals surface area contributed by atoms with Gasteiger partial charge >= 0.3 is 0 Å². The molecule has 8 heteroatoms. The lowest BCUT2D eigenvalue weighted by Crippen LogP contribution is -2.50. The van der Waals surface area contributed by atoms with E-state index >= 15 is 0 Å². The van der Waals surface area contributed by atoms with Gasteiger partial charge in [-0.05, 0) is 49.6 Å². The second kappa shape index (κ2) is 9.94. The number of likely N-dealkylation sites (tertiary alicyclic amines) is 2. The Kier molecular flexibility index (Phi) is 6.84. The molecular formula is C23H29FN4O3. The van der Waals surface area contributed by atoms with Crippen LogP contribution in [0.4, 0.5) is 4.39 Å². The Balaban J connectivity index is 1.44. The lowest BCUT2D eigenvalue weighted by Gasteiger charge is -2.39. The van der Waals surface area contributed by atoms with Gasteiger partial charge in [0.05, 0.1) is 0 Å². The van der Waals surface area contributed by atoms with Crippen molar-refractivity contribution in [3.63, 3.8) is 0 Å². The number of hydrogen-bond donors (Lipinski definition) is 0. The number of benzene rings is 1. The van der Waals surface area contributed by atoms with Gasteiger partial charge < -0.3 is 14.5 Å². The minimum Gasteiger partial charge on any atom is -0.490 e. The lowest BCUT2D eigenvalue weighted by atomic mass is 9.90. The van der Waals surface area contributed by atoms with Crippen LogP contribution < -0.4 is 4.74 Å². The third-order valence-electron chi connectivity index (χ3n) is 6.12. The Hall–Kier alpha value is -2.90. The van der Waals surface area contributed by atoms with Crippen LogP contribution in [-0.2, 0) is 16.1 Å². The van der Waals surface area contributed by atoms with E-state index in [0.717, 1.165) is 25.9 Å². The Morgan fingerprint density at radius 1 is 1.03 bits per heavy atom. The molecule has 0 N–H and O–H groups in total. The molecule has 1 aromatic heterocycles. The summed E-state index contributed by atoms with van der Waals surface area (Å²) in [6, 6.07) is 7.73. The maximum absolute atomic E-state index is 13.3. The highest BCUT2D eigenvalue weighted by molar-refractivity contribution is 5.78. The lowest BCUT2D eigenvalue weighted by molar-refractivity contribution is -0.140.